The number of anilines is 1. The minimum absolute atomic E-state index is 0.168. The van der Waals surface area contributed by atoms with Crippen LogP contribution in [0, 0.1) is 5.82 Å². The van der Waals surface area contributed by atoms with E-state index in [2.05, 4.69) is 0 Å². The molecule has 3 aromatic carbocycles. The zero-order chi connectivity index (χ0) is 19.0. The molecule has 1 aromatic heterocycles. The number of halogens is 1. The van der Waals surface area contributed by atoms with E-state index in [1.807, 2.05) is 48.5 Å². The largest absolute Gasteiger partial charge is 0.380 e. The third-order valence-corrected chi connectivity index (χ3v) is 5.86. The first-order chi connectivity index (χ1) is 13.1. The highest BCUT2D eigenvalue weighted by Gasteiger charge is 2.24. The highest BCUT2D eigenvalue weighted by Crippen LogP contribution is 2.36. The molecule has 0 radical (unpaired) electrons. The molecule has 0 aliphatic rings. The van der Waals surface area contributed by atoms with Gasteiger partial charge < -0.3 is 9.64 Å². The second-order valence-electron chi connectivity index (χ2n) is 6.32. The maximum Gasteiger partial charge on any atom is 0.268 e. The van der Waals surface area contributed by atoms with Crippen molar-refractivity contribution in [2.24, 2.45) is 0 Å². The monoisotopic (exact) mass is 379 g/mol. The van der Waals surface area contributed by atoms with Crippen LogP contribution in [-0.4, -0.2) is 20.1 Å². The van der Waals surface area contributed by atoms with E-state index < -0.39 is 0 Å². The Morgan fingerprint density at radius 1 is 1.07 bits per heavy atom. The van der Waals surface area contributed by atoms with Crippen LogP contribution in [0.1, 0.15) is 15.2 Å². The Hall–Kier alpha value is -2.76. The third-order valence-electron chi connectivity index (χ3n) is 4.68. The summed E-state index contributed by atoms with van der Waals surface area (Å²) in [6.07, 6.45) is 0. The van der Waals surface area contributed by atoms with E-state index in [1.54, 1.807) is 25.1 Å². The Bertz CT molecular complexity index is 1150. The molecule has 4 aromatic rings. The van der Waals surface area contributed by atoms with Crippen LogP contribution < -0.4 is 4.90 Å². The van der Waals surface area contributed by atoms with Gasteiger partial charge in [-0.15, -0.1) is 11.3 Å². The van der Waals surface area contributed by atoms with Gasteiger partial charge in [0.1, 0.15) is 5.82 Å². The average molecular weight is 379 g/mol. The van der Waals surface area contributed by atoms with Crippen molar-refractivity contribution in [3.8, 4) is 0 Å². The highest BCUT2D eigenvalue weighted by molar-refractivity contribution is 7.21. The first-order valence-electron chi connectivity index (χ1n) is 8.56. The molecular formula is C22H18FNO2S. The normalized spacial score (nSPS) is 11.2. The number of amides is 1. The zero-order valence-corrected chi connectivity index (χ0v) is 15.8. The van der Waals surface area contributed by atoms with Crippen LogP contribution in [0.3, 0.4) is 0 Å². The van der Waals surface area contributed by atoms with Crippen molar-refractivity contribution < 1.29 is 13.9 Å². The number of fused-ring (bicyclic) bond motifs is 2. The van der Waals surface area contributed by atoms with E-state index in [0.717, 1.165) is 21.2 Å². The molecule has 27 heavy (non-hydrogen) atoms. The molecule has 0 fully saturated rings. The number of nitrogens with zero attached hydrogens (tertiary/aromatic N) is 1. The first kappa shape index (κ1) is 17.6. The summed E-state index contributed by atoms with van der Waals surface area (Å²) in [5, 5.41) is 2.53. The number of benzene rings is 3. The number of hydrogen-bond acceptors (Lipinski definition) is 3. The molecule has 0 saturated heterocycles. The molecule has 0 atom stereocenters. The summed E-state index contributed by atoms with van der Waals surface area (Å²) < 4.78 is 20.4. The van der Waals surface area contributed by atoms with Crippen molar-refractivity contribution in [2.75, 3.05) is 19.1 Å². The fourth-order valence-corrected chi connectivity index (χ4v) is 4.58. The summed E-state index contributed by atoms with van der Waals surface area (Å²) >= 11 is 1.30. The zero-order valence-electron chi connectivity index (χ0n) is 15.0. The van der Waals surface area contributed by atoms with E-state index in [4.69, 9.17) is 4.74 Å². The van der Waals surface area contributed by atoms with E-state index in [-0.39, 0.29) is 18.3 Å². The number of hydrogen-bond donors (Lipinski definition) is 0. The highest BCUT2D eigenvalue weighted by atomic mass is 32.1. The minimum Gasteiger partial charge on any atom is -0.380 e. The third kappa shape index (κ3) is 2.99. The van der Waals surface area contributed by atoms with Crippen molar-refractivity contribution >= 4 is 43.8 Å². The van der Waals surface area contributed by atoms with Gasteiger partial charge in [-0.3, -0.25) is 4.79 Å². The van der Waals surface area contributed by atoms with Gasteiger partial charge in [0, 0.05) is 35.2 Å². The molecule has 3 nitrogen and oxygen atoms in total. The molecule has 1 heterocycles. The van der Waals surface area contributed by atoms with Gasteiger partial charge in [-0.05, 0) is 23.6 Å². The van der Waals surface area contributed by atoms with Gasteiger partial charge in [0.25, 0.3) is 5.91 Å². The minimum atomic E-state index is -0.331. The Morgan fingerprint density at radius 2 is 1.81 bits per heavy atom. The summed E-state index contributed by atoms with van der Waals surface area (Å²) in [5.41, 5.74) is 1.42. The quantitative estimate of drug-likeness (QED) is 0.461. The number of thiophene rings is 1. The number of carbonyl (C=O) groups is 1. The summed E-state index contributed by atoms with van der Waals surface area (Å²) in [6.45, 7) is 0.186. The summed E-state index contributed by atoms with van der Waals surface area (Å²) in [4.78, 5) is 15.5. The fourth-order valence-electron chi connectivity index (χ4n) is 3.38. The van der Waals surface area contributed by atoms with Crippen molar-refractivity contribution in [3.63, 3.8) is 0 Å². The van der Waals surface area contributed by atoms with Crippen LogP contribution in [0.5, 0.6) is 0 Å². The molecule has 5 heteroatoms. The molecule has 0 aliphatic heterocycles. The molecule has 0 bridgehead atoms. The molecule has 136 valence electrons. The lowest BCUT2D eigenvalue weighted by Gasteiger charge is -2.19. The Labute approximate surface area is 160 Å². The lowest BCUT2D eigenvalue weighted by molar-refractivity contribution is 0.0993. The summed E-state index contributed by atoms with van der Waals surface area (Å²) in [5.74, 6) is -0.498. The molecule has 0 unspecified atom stereocenters. The van der Waals surface area contributed by atoms with Crippen LogP contribution in [0.15, 0.2) is 60.7 Å². The van der Waals surface area contributed by atoms with Crippen LogP contribution in [0.25, 0.3) is 20.9 Å². The standard InChI is InChI=1S/C22H18FNO2S/c1-24(18-11-5-8-14-7-3-4-9-15(14)18)22(25)21-16(13-26-2)20-17(23)10-6-12-19(20)27-21/h3-12H,13H2,1-2H3. The topological polar surface area (TPSA) is 29.5 Å². The molecule has 0 saturated carbocycles. The number of ether oxygens (including phenoxy) is 1. The fraction of sp³-hybridized carbons (Fsp3) is 0.136. The van der Waals surface area contributed by atoms with Crippen molar-refractivity contribution in [3.05, 3.63) is 76.9 Å². The van der Waals surface area contributed by atoms with Crippen molar-refractivity contribution in [2.45, 2.75) is 6.61 Å². The predicted octanol–water partition coefficient (Wildman–Crippen LogP) is 5.62. The van der Waals surface area contributed by atoms with Gasteiger partial charge in [-0.1, -0.05) is 42.5 Å². The Morgan fingerprint density at radius 3 is 2.63 bits per heavy atom. The first-order valence-corrected chi connectivity index (χ1v) is 9.38. The van der Waals surface area contributed by atoms with E-state index in [9.17, 15) is 9.18 Å². The maximum atomic E-state index is 14.4. The second kappa shape index (κ2) is 7.10. The molecule has 4 rings (SSSR count). The van der Waals surface area contributed by atoms with Gasteiger partial charge in [-0.25, -0.2) is 4.39 Å². The van der Waals surface area contributed by atoms with Gasteiger partial charge in [0.15, 0.2) is 0 Å². The average Bonchev–Trinajstić information content (AvgIpc) is 3.06. The SMILES string of the molecule is COCc1c(C(=O)N(C)c2cccc3ccccc23)sc2cccc(F)c12. The predicted molar refractivity (Wildman–Crippen MR) is 109 cm³/mol. The van der Waals surface area contributed by atoms with Gasteiger partial charge in [-0.2, -0.15) is 0 Å². The molecule has 1 amide bonds. The molecule has 0 spiro atoms. The summed E-state index contributed by atoms with van der Waals surface area (Å²) in [7, 11) is 3.30. The van der Waals surface area contributed by atoms with Gasteiger partial charge >= 0.3 is 0 Å². The molecule has 0 aliphatic carbocycles. The van der Waals surface area contributed by atoms with Crippen molar-refractivity contribution in [1.82, 2.24) is 0 Å². The van der Waals surface area contributed by atoms with Crippen molar-refractivity contribution in [1.29, 1.82) is 0 Å². The van der Waals surface area contributed by atoms with E-state index in [1.165, 1.54) is 17.4 Å². The number of carbonyl (C=O) groups excluding carboxylic acids is 1. The Kier molecular flexibility index (Phi) is 4.64. The van der Waals surface area contributed by atoms with Crippen LogP contribution in [0.4, 0.5) is 10.1 Å². The van der Waals surface area contributed by atoms with E-state index in [0.29, 0.717) is 15.8 Å². The molecule has 0 N–H and O–H groups in total. The smallest absolute Gasteiger partial charge is 0.268 e. The second-order valence-corrected chi connectivity index (χ2v) is 7.37. The maximum absolute atomic E-state index is 14.4. The van der Waals surface area contributed by atoms with Gasteiger partial charge in [0.05, 0.1) is 17.2 Å². The number of methoxy groups -OCH3 is 1. The lowest BCUT2D eigenvalue weighted by Crippen LogP contribution is -2.26. The Balaban J connectivity index is 1.85. The van der Waals surface area contributed by atoms with Crippen LogP contribution in [0.2, 0.25) is 0 Å². The lowest BCUT2D eigenvalue weighted by atomic mass is 10.1. The molecular weight excluding hydrogens is 361 g/mol. The van der Waals surface area contributed by atoms with Gasteiger partial charge in [0.2, 0.25) is 0 Å². The van der Waals surface area contributed by atoms with Crippen LogP contribution in [-0.2, 0) is 11.3 Å². The van der Waals surface area contributed by atoms with Crippen LogP contribution >= 0.6 is 11.3 Å². The number of rotatable bonds is 4. The van der Waals surface area contributed by atoms with E-state index >= 15 is 0 Å². The summed E-state index contributed by atoms with van der Waals surface area (Å²) in [6, 6.07) is 18.7.